The zero-order valence-electron chi connectivity index (χ0n) is 8.92. The predicted octanol–water partition coefficient (Wildman–Crippen LogP) is 1.89. The first kappa shape index (κ1) is 10.0. The quantitative estimate of drug-likeness (QED) is 0.629. The van der Waals surface area contributed by atoms with Crippen LogP contribution in [0.4, 0.5) is 0 Å². The molecule has 0 spiro atoms. The Morgan fingerprint density at radius 2 is 1.67 bits per heavy atom. The largest absolute Gasteiger partial charge is 0.373 e. The molecule has 1 aliphatic carbocycles. The van der Waals surface area contributed by atoms with Gasteiger partial charge < -0.3 is 9.64 Å². The van der Waals surface area contributed by atoms with E-state index in [1.165, 1.54) is 12.8 Å². The number of rotatable bonds is 2. The Hall–Kier alpha value is -0.0800. The van der Waals surface area contributed by atoms with Gasteiger partial charge in [0.15, 0.2) is 0 Å². The molecule has 1 rings (SSSR count). The second-order valence-electron chi connectivity index (χ2n) is 4.94. The average molecular weight is 171 g/mol. The van der Waals surface area contributed by atoms with Crippen molar-refractivity contribution in [1.29, 1.82) is 0 Å². The standard InChI is InChI=1S/C10H21NO/c1-10(2,3)12-9-6-8(7-9)11(4)5/h8-9H,6-7H2,1-5H3/t8-,9-. The summed E-state index contributed by atoms with van der Waals surface area (Å²) in [7, 11) is 4.27. The summed E-state index contributed by atoms with van der Waals surface area (Å²) in [4.78, 5) is 2.28. The minimum absolute atomic E-state index is 0.0297. The van der Waals surface area contributed by atoms with E-state index >= 15 is 0 Å². The van der Waals surface area contributed by atoms with Gasteiger partial charge >= 0.3 is 0 Å². The third-order valence-electron chi connectivity index (χ3n) is 2.32. The monoisotopic (exact) mass is 171 g/mol. The van der Waals surface area contributed by atoms with Crippen molar-refractivity contribution in [2.75, 3.05) is 14.1 Å². The molecule has 0 radical (unpaired) electrons. The second kappa shape index (κ2) is 3.35. The van der Waals surface area contributed by atoms with Gasteiger partial charge in [0.25, 0.3) is 0 Å². The van der Waals surface area contributed by atoms with Gasteiger partial charge in [0.05, 0.1) is 11.7 Å². The van der Waals surface area contributed by atoms with Crippen LogP contribution in [0.25, 0.3) is 0 Å². The summed E-state index contributed by atoms with van der Waals surface area (Å²) in [5.41, 5.74) is 0.0297. The Bertz CT molecular complexity index is 142. The fourth-order valence-electron chi connectivity index (χ4n) is 1.56. The molecule has 0 aromatic carbocycles. The Morgan fingerprint density at radius 3 is 2.00 bits per heavy atom. The normalized spacial score (nSPS) is 30.5. The Morgan fingerprint density at radius 1 is 1.17 bits per heavy atom. The Balaban J connectivity index is 2.18. The van der Waals surface area contributed by atoms with Gasteiger partial charge in [-0.3, -0.25) is 0 Å². The van der Waals surface area contributed by atoms with Crippen LogP contribution in [0, 0.1) is 0 Å². The van der Waals surface area contributed by atoms with Crippen LogP contribution in [-0.2, 0) is 4.74 Å². The van der Waals surface area contributed by atoms with Crippen molar-refractivity contribution in [3.63, 3.8) is 0 Å². The molecule has 72 valence electrons. The fraction of sp³-hybridized carbons (Fsp3) is 1.00. The third kappa shape index (κ3) is 2.76. The van der Waals surface area contributed by atoms with Gasteiger partial charge in [-0.15, -0.1) is 0 Å². The summed E-state index contributed by atoms with van der Waals surface area (Å²) in [6, 6.07) is 0.748. The van der Waals surface area contributed by atoms with Crippen LogP contribution in [0.3, 0.4) is 0 Å². The Kier molecular flexibility index (Phi) is 2.79. The molecule has 2 heteroatoms. The minimum atomic E-state index is 0.0297. The van der Waals surface area contributed by atoms with E-state index < -0.39 is 0 Å². The third-order valence-corrected chi connectivity index (χ3v) is 2.32. The molecule has 0 saturated heterocycles. The van der Waals surface area contributed by atoms with E-state index in [4.69, 9.17) is 4.74 Å². The van der Waals surface area contributed by atoms with Crippen LogP contribution in [0.15, 0.2) is 0 Å². The molecule has 0 heterocycles. The van der Waals surface area contributed by atoms with Crippen molar-refractivity contribution in [2.45, 2.75) is 51.4 Å². The highest BCUT2D eigenvalue weighted by molar-refractivity contribution is 4.87. The molecule has 1 fully saturated rings. The predicted molar refractivity (Wildman–Crippen MR) is 51.3 cm³/mol. The summed E-state index contributed by atoms with van der Waals surface area (Å²) in [6.45, 7) is 6.36. The first-order chi connectivity index (χ1) is 5.38. The van der Waals surface area contributed by atoms with Gasteiger partial charge in [0, 0.05) is 6.04 Å². The van der Waals surface area contributed by atoms with E-state index in [-0.39, 0.29) is 5.60 Å². The average Bonchev–Trinajstić information content (AvgIpc) is 1.74. The molecule has 0 aromatic heterocycles. The molecule has 0 amide bonds. The van der Waals surface area contributed by atoms with E-state index in [1.807, 2.05) is 0 Å². The summed E-state index contributed by atoms with van der Waals surface area (Å²) in [6.07, 6.45) is 2.89. The van der Waals surface area contributed by atoms with Crippen molar-refractivity contribution in [2.24, 2.45) is 0 Å². The molecular weight excluding hydrogens is 150 g/mol. The van der Waals surface area contributed by atoms with E-state index in [2.05, 4.69) is 39.8 Å². The van der Waals surface area contributed by atoms with Crippen LogP contribution < -0.4 is 0 Å². The highest BCUT2D eigenvalue weighted by Gasteiger charge is 2.33. The van der Waals surface area contributed by atoms with E-state index in [0.29, 0.717) is 6.10 Å². The summed E-state index contributed by atoms with van der Waals surface area (Å²) < 4.78 is 5.83. The van der Waals surface area contributed by atoms with Gasteiger partial charge in [0.2, 0.25) is 0 Å². The summed E-state index contributed by atoms with van der Waals surface area (Å²) >= 11 is 0. The van der Waals surface area contributed by atoms with Crippen molar-refractivity contribution < 1.29 is 4.74 Å². The van der Waals surface area contributed by atoms with Crippen molar-refractivity contribution in [1.82, 2.24) is 4.90 Å². The minimum Gasteiger partial charge on any atom is -0.373 e. The molecule has 2 nitrogen and oxygen atoms in total. The lowest BCUT2D eigenvalue weighted by atomic mass is 9.88. The molecule has 0 atom stereocenters. The number of hydrogen-bond acceptors (Lipinski definition) is 2. The van der Waals surface area contributed by atoms with Crippen molar-refractivity contribution >= 4 is 0 Å². The zero-order valence-corrected chi connectivity index (χ0v) is 8.92. The van der Waals surface area contributed by atoms with Crippen LogP contribution in [0.2, 0.25) is 0 Å². The van der Waals surface area contributed by atoms with Crippen LogP contribution in [0.1, 0.15) is 33.6 Å². The number of nitrogens with zero attached hydrogens (tertiary/aromatic N) is 1. The summed E-state index contributed by atoms with van der Waals surface area (Å²) in [5.74, 6) is 0. The van der Waals surface area contributed by atoms with Crippen molar-refractivity contribution in [3.05, 3.63) is 0 Å². The first-order valence-corrected chi connectivity index (χ1v) is 4.73. The topological polar surface area (TPSA) is 12.5 Å². The molecule has 0 aromatic rings. The lowest BCUT2D eigenvalue weighted by Gasteiger charge is -2.42. The zero-order chi connectivity index (χ0) is 9.35. The molecule has 0 unspecified atom stereocenters. The molecule has 1 aliphatic rings. The maximum atomic E-state index is 5.83. The van der Waals surface area contributed by atoms with Crippen LogP contribution in [0.5, 0.6) is 0 Å². The van der Waals surface area contributed by atoms with Gasteiger partial charge in [-0.1, -0.05) is 0 Å². The van der Waals surface area contributed by atoms with E-state index in [0.717, 1.165) is 6.04 Å². The lowest BCUT2D eigenvalue weighted by Crippen LogP contribution is -2.47. The Labute approximate surface area is 75.9 Å². The highest BCUT2D eigenvalue weighted by Crippen LogP contribution is 2.29. The van der Waals surface area contributed by atoms with Crippen LogP contribution >= 0.6 is 0 Å². The van der Waals surface area contributed by atoms with Gasteiger partial charge in [-0.2, -0.15) is 0 Å². The van der Waals surface area contributed by atoms with E-state index in [9.17, 15) is 0 Å². The van der Waals surface area contributed by atoms with Gasteiger partial charge in [-0.25, -0.2) is 0 Å². The van der Waals surface area contributed by atoms with Crippen molar-refractivity contribution in [3.8, 4) is 0 Å². The highest BCUT2D eigenvalue weighted by atomic mass is 16.5. The first-order valence-electron chi connectivity index (χ1n) is 4.73. The molecule has 12 heavy (non-hydrogen) atoms. The van der Waals surface area contributed by atoms with E-state index in [1.54, 1.807) is 0 Å². The molecule has 1 saturated carbocycles. The number of ether oxygens (including phenoxy) is 1. The number of hydrogen-bond donors (Lipinski definition) is 0. The van der Waals surface area contributed by atoms with Gasteiger partial charge in [0.1, 0.15) is 0 Å². The van der Waals surface area contributed by atoms with Crippen LogP contribution in [-0.4, -0.2) is 36.7 Å². The summed E-state index contributed by atoms with van der Waals surface area (Å²) in [5, 5.41) is 0. The fourth-order valence-corrected chi connectivity index (χ4v) is 1.56. The maximum Gasteiger partial charge on any atom is 0.0612 e. The molecule has 0 aliphatic heterocycles. The molecule has 0 bridgehead atoms. The maximum absolute atomic E-state index is 5.83. The smallest absolute Gasteiger partial charge is 0.0612 e. The molecular formula is C10H21NO. The SMILES string of the molecule is CN(C)[C@H]1C[C@H](OC(C)(C)C)C1. The molecule has 0 N–H and O–H groups in total. The van der Waals surface area contributed by atoms with Gasteiger partial charge in [-0.05, 0) is 47.7 Å². The lowest BCUT2D eigenvalue weighted by molar-refractivity contribution is -0.115. The second-order valence-corrected chi connectivity index (χ2v) is 4.94.